The predicted molar refractivity (Wildman–Crippen MR) is 77.9 cm³/mol. The van der Waals surface area contributed by atoms with E-state index in [0.717, 1.165) is 31.0 Å². The van der Waals surface area contributed by atoms with Gasteiger partial charge in [-0.1, -0.05) is 6.07 Å². The lowest BCUT2D eigenvalue weighted by atomic mass is 9.98. The molecule has 1 atom stereocenters. The molecule has 1 aromatic rings. The Kier molecular flexibility index (Phi) is 5.34. The SMILES string of the molecule is Cc1cc(F)ccc1CCNCC1CCCN(C)C1. The number of piperidine rings is 1. The number of benzene rings is 1. The lowest BCUT2D eigenvalue weighted by Crippen LogP contribution is -2.37. The number of hydrogen-bond donors (Lipinski definition) is 1. The minimum Gasteiger partial charge on any atom is -0.316 e. The monoisotopic (exact) mass is 264 g/mol. The molecule has 1 aliphatic rings. The number of hydrogen-bond acceptors (Lipinski definition) is 2. The van der Waals surface area contributed by atoms with Crippen molar-refractivity contribution in [2.75, 3.05) is 33.2 Å². The van der Waals surface area contributed by atoms with Crippen LogP contribution in [0, 0.1) is 18.7 Å². The molecule has 2 nitrogen and oxygen atoms in total. The summed E-state index contributed by atoms with van der Waals surface area (Å²) in [5.41, 5.74) is 2.30. The van der Waals surface area contributed by atoms with Crippen LogP contribution < -0.4 is 5.32 Å². The zero-order valence-electron chi connectivity index (χ0n) is 12.1. The van der Waals surface area contributed by atoms with Gasteiger partial charge in [0, 0.05) is 6.54 Å². The molecule has 19 heavy (non-hydrogen) atoms. The number of halogens is 1. The molecule has 1 N–H and O–H groups in total. The quantitative estimate of drug-likeness (QED) is 0.822. The highest BCUT2D eigenvalue weighted by molar-refractivity contribution is 5.26. The van der Waals surface area contributed by atoms with Gasteiger partial charge < -0.3 is 10.2 Å². The van der Waals surface area contributed by atoms with Crippen LogP contribution in [0.15, 0.2) is 18.2 Å². The summed E-state index contributed by atoms with van der Waals surface area (Å²) in [5.74, 6) is 0.646. The maximum absolute atomic E-state index is 13.0. The molecule has 1 fully saturated rings. The van der Waals surface area contributed by atoms with Crippen molar-refractivity contribution in [3.05, 3.63) is 35.1 Å². The average molecular weight is 264 g/mol. The normalized spacial score (nSPS) is 20.7. The van der Waals surface area contributed by atoms with Crippen molar-refractivity contribution in [1.29, 1.82) is 0 Å². The number of aryl methyl sites for hydroxylation is 1. The molecule has 0 aliphatic carbocycles. The third-order valence-electron chi connectivity index (χ3n) is 4.03. The Morgan fingerprint density at radius 1 is 1.42 bits per heavy atom. The summed E-state index contributed by atoms with van der Waals surface area (Å²) in [7, 11) is 2.20. The van der Waals surface area contributed by atoms with Crippen LogP contribution >= 0.6 is 0 Å². The van der Waals surface area contributed by atoms with Gasteiger partial charge in [0.05, 0.1) is 0 Å². The number of rotatable bonds is 5. The maximum atomic E-state index is 13.0. The molecule has 1 unspecified atom stereocenters. The number of likely N-dealkylation sites (tertiary alicyclic amines) is 1. The standard InChI is InChI=1S/C16H25FN2/c1-13-10-16(17)6-5-15(13)7-8-18-11-14-4-3-9-19(2)12-14/h5-6,10,14,18H,3-4,7-9,11-12H2,1-2H3. The van der Waals surface area contributed by atoms with Crippen LogP contribution in [-0.2, 0) is 6.42 Å². The van der Waals surface area contributed by atoms with E-state index in [1.165, 1.54) is 31.5 Å². The molecule has 0 radical (unpaired) electrons. The predicted octanol–water partition coefficient (Wildman–Crippen LogP) is 2.61. The second-order valence-electron chi connectivity index (χ2n) is 5.80. The van der Waals surface area contributed by atoms with Gasteiger partial charge in [0.2, 0.25) is 0 Å². The zero-order valence-corrected chi connectivity index (χ0v) is 12.1. The first kappa shape index (κ1) is 14.5. The summed E-state index contributed by atoms with van der Waals surface area (Å²) in [6.45, 7) is 6.51. The van der Waals surface area contributed by atoms with Crippen molar-refractivity contribution in [3.8, 4) is 0 Å². The van der Waals surface area contributed by atoms with E-state index in [0.29, 0.717) is 0 Å². The molecule has 106 valence electrons. The van der Waals surface area contributed by atoms with Crippen LogP contribution in [0.25, 0.3) is 0 Å². The fourth-order valence-electron chi connectivity index (χ4n) is 2.91. The van der Waals surface area contributed by atoms with Crippen LogP contribution in [0.3, 0.4) is 0 Å². The second kappa shape index (κ2) is 7.01. The molecular formula is C16H25FN2. The van der Waals surface area contributed by atoms with Crippen LogP contribution in [0.1, 0.15) is 24.0 Å². The molecule has 1 aromatic carbocycles. The first-order chi connectivity index (χ1) is 9.15. The average Bonchev–Trinajstić information content (AvgIpc) is 2.37. The second-order valence-corrected chi connectivity index (χ2v) is 5.80. The molecule has 0 amide bonds. The highest BCUT2D eigenvalue weighted by Gasteiger charge is 2.16. The van der Waals surface area contributed by atoms with Gasteiger partial charge in [-0.25, -0.2) is 4.39 Å². The Balaban J connectivity index is 1.69. The summed E-state index contributed by atoms with van der Waals surface area (Å²) in [6, 6.07) is 5.07. The highest BCUT2D eigenvalue weighted by atomic mass is 19.1. The van der Waals surface area contributed by atoms with Crippen LogP contribution in [-0.4, -0.2) is 38.1 Å². The van der Waals surface area contributed by atoms with Gasteiger partial charge in [-0.15, -0.1) is 0 Å². The van der Waals surface area contributed by atoms with E-state index in [9.17, 15) is 4.39 Å². The third-order valence-corrected chi connectivity index (χ3v) is 4.03. The summed E-state index contributed by atoms with van der Waals surface area (Å²) in [4.78, 5) is 2.42. The molecule has 3 heteroatoms. The minimum atomic E-state index is -0.139. The number of nitrogens with zero attached hydrogens (tertiary/aromatic N) is 1. The van der Waals surface area contributed by atoms with Crippen molar-refractivity contribution in [2.24, 2.45) is 5.92 Å². The maximum Gasteiger partial charge on any atom is 0.123 e. The summed E-state index contributed by atoms with van der Waals surface area (Å²) in [5, 5.41) is 3.55. The molecule has 2 rings (SSSR count). The van der Waals surface area contributed by atoms with Crippen molar-refractivity contribution < 1.29 is 4.39 Å². The van der Waals surface area contributed by atoms with Gasteiger partial charge >= 0.3 is 0 Å². The Morgan fingerprint density at radius 2 is 2.26 bits per heavy atom. The Labute approximate surface area is 116 Å². The van der Waals surface area contributed by atoms with Crippen molar-refractivity contribution >= 4 is 0 Å². The smallest absolute Gasteiger partial charge is 0.123 e. The van der Waals surface area contributed by atoms with Crippen molar-refractivity contribution in [1.82, 2.24) is 10.2 Å². The van der Waals surface area contributed by atoms with E-state index in [1.807, 2.05) is 13.0 Å². The lowest BCUT2D eigenvalue weighted by molar-refractivity contribution is 0.206. The Bertz CT molecular complexity index is 406. The van der Waals surface area contributed by atoms with Gasteiger partial charge in [0.1, 0.15) is 5.82 Å². The van der Waals surface area contributed by atoms with E-state index in [4.69, 9.17) is 0 Å². The Hall–Kier alpha value is -0.930. The Morgan fingerprint density at radius 3 is 3.00 bits per heavy atom. The van der Waals surface area contributed by atoms with E-state index in [-0.39, 0.29) is 5.82 Å². The minimum absolute atomic E-state index is 0.139. The zero-order chi connectivity index (χ0) is 13.7. The van der Waals surface area contributed by atoms with Crippen LogP contribution in [0.4, 0.5) is 4.39 Å². The third kappa shape index (κ3) is 4.59. The summed E-state index contributed by atoms with van der Waals surface area (Å²) >= 11 is 0. The molecule has 0 bridgehead atoms. The topological polar surface area (TPSA) is 15.3 Å². The molecule has 1 saturated heterocycles. The van der Waals surface area contributed by atoms with Gasteiger partial charge in [-0.2, -0.15) is 0 Å². The van der Waals surface area contributed by atoms with Crippen LogP contribution in [0.5, 0.6) is 0 Å². The first-order valence-corrected chi connectivity index (χ1v) is 7.29. The van der Waals surface area contributed by atoms with Gasteiger partial charge in [0.15, 0.2) is 0 Å². The van der Waals surface area contributed by atoms with E-state index in [1.54, 1.807) is 12.1 Å². The lowest BCUT2D eigenvalue weighted by Gasteiger charge is -2.29. The molecule has 0 aromatic heterocycles. The van der Waals surface area contributed by atoms with E-state index < -0.39 is 0 Å². The highest BCUT2D eigenvalue weighted by Crippen LogP contribution is 2.14. The number of nitrogens with one attached hydrogen (secondary N) is 1. The fraction of sp³-hybridized carbons (Fsp3) is 0.625. The molecular weight excluding hydrogens is 239 g/mol. The molecule has 1 aliphatic heterocycles. The molecule has 1 heterocycles. The van der Waals surface area contributed by atoms with Crippen LogP contribution in [0.2, 0.25) is 0 Å². The molecule has 0 saturated carbocycles. The van der Waals surface area contributed by atoms with E-state index >= 15 is 0 Å². The largest absolute Gasteiger partial charge is 0.316 e. The first-order valence-electron chi connectivity index (χ1n) is 7.29. The van der Waals surface area contributed by atoms with E-state index in [2.05, 4.69) is 17.3 Å². The van der Waals surface area contributed by atoms with Crippen molar-refractivity contribution in [3.63, 3.8) is 0 Å². The van der Waals surface area contributed by atoms with Gasteiger partial charge in [-0.3, -0.25) is 0 Å². The fourth-order valence-corrected chi connectivity index (χ4v) is 2.91. The summed E-state index contributed by atoms with van der Waals surface area (Å²) in [6.07, 6.45) is 3.64. The van der Waals surface area contributed by atoms with Gasteiger partial charge in [-0.05, 0) is 82.0 Å². The molecule has 0 spiro atoms. The summed E-state index contributed by atoms with van der Waals surface area (Å²) < 4.78 is 13.0. The van der Waals surface area contributed by atoms with Gasteiger partial charge in [0.25, 0.3) is 0 Å². The van der Waals surface area contributed by atoms with Crippen molar-refractivity contribution in [2.45, 2.75) is 26.2 Å².